The highest BCUT2D eigenvalue weighted by molar-refractivity contribution is 7.19. The van der Waals surface area contributed by atoms with Crippen molar-refractivity contribution in [1.29, 1.82) is 0 Å². The topological polar surface area (TPSA) is 68.3 Å². The van der Waals surface area contributed by atoms with E-state index in [-0.39, 0.29) is 5.91 Å². The number of nitrogens with zero attached hydrogens (tertiary/aromatic N) is 1. The van der Waals surface area contributed by atoms with E-state index >= 15 is 0 Å². The SMILES string of the molecule is C[C@H](OC(=O)/C=C/c1nc2ccccc2s1)C(=O)NCCC1=CCCCC1. The Morgan fingerprint density at radius 1 is 1.33 bits per heavy atom. The van der Waals surface area contributed by atoms with Crippen molar-refractivity contribution in [3.05, 3.63) is 47.0 Å². The molecule has 1 aromatic carbocycles. The number of aromatic nitrogens is 1. The summed E-state index contributed by atoms with van der Waals surface area (Å²) in [4.78, 5) is 28.4. The maximum Gasteiger partial charge on any atom is 0.331 e. The number of carbonyl (C=O) groups excluding carboxylic acids is 2. The molecule has 2 aromatic rings. The molecule has 3 rings (SSSR count). The van der Waals surface area contributed by atoms with Gasteiger partial charge in [-0.05, 0) is 57.2 Å². The van der Waals surface area contributed by atoms with Gasteiger partial charge in [0.15, 0.2) is 6.10 Å². The molecule has 0 aliphatic heterocycles. The second-order valence-corrected chi connectivity index (χ2v) is 7.64. The van der Waals surface area contributed by atoms with Gasteiger partial charge in [-0.1, -0.05) is 23.8 Å². The molecule has 142 valence electrons. The van der Waals surface area contributed by atoms with E-state index in [1.807, 2.05) is 24.3 Å². The van der Waals surface area contributed by atoms with E-state index in [1.165, 1.54) is 35.8 Å². The van der Waals surface area contributed by atoms with Crippen LogP contribution in [0.4, 0.5) is 0 Å². The zero-order chi connectivity index (χ0) is 19.1. The number of hydrogen-bond acceptors (Lipinski definition) is 5. The average molecular weight is 385 g/mol. The first-order chi connectivity index (χ1) is 13.1. The van der Waals surface area contributed by atoms with E-state index in [9.17, 15) is 9.59 Å². The minimum atomic E-state index is -0.821. The predicted molar refractivity (Wildman–Crippen MR) is 108 cm³/mol. The summed E-state index contributed by atoms with van der Waals surface area (Å²) < 4.78 is 6.24. The molecule has 0 unspecified atom stereocenters. The smallest absolute Gasteiger partial charge is 0.331 e. The molecule has 27 heavy (non-hydrogen) atoms. The highest BCUT2D eigenvalue weighted by atomic mass is 32.1. The highest BCUT2D eigenvalue weighted by Gasteiger charge is 2.16. The second kappa shape index (κ2) is 9.46. The molecule has 0 saturated carbocycles. The fourth-order valence-electron chi connectivity index (χ4n) is 2.99. The zero-order valence-corrected chi connectivity index (χ0v) is 16.3. The molecular formula is C21H24N2O3S. The summed E-state index contributed by atoms with van der Waals surface area (Å²) in [5.74, 6) is -0.819. The zero-order valence-electron chi connectivity index (χ0n) is 15.4. The molecule has 0 radical (unpaired) electrons. The van der Waals surface area contributed by atoms with Crippen molar-refractivity contribution in [2.24, 2.45) is 0 Å². The van der Waals surface area contributed by atoms with Gasteiger partial charge >= 0.3 is 5.97 Å². The minimum Gasteiger partial charge on any atom is -0.449 e. The lowest BCUT2D eigenvalue weighted by atomic mass is 9.97. The standard InChI is InChI=1S/C21H24N2O3S/c1-15(21(25)22-14-13-16-7-3-2-4-8-16)26-20(24)12-11-19-23-17-9-5-6-10-18(17)27-19/h5-7,9-12,15H,2-4,8,13-14H2,1H3,(H,22,25)/b12-11+/t15-/m0/s1. The van der Waals surface area contributed by atoms with Crippen LogP contribution >= 0.6 is 11.3 Å². The molecule has 1 aliphatic rings. The molecule has 1 N–H and O–H groups in total. The van der Waals surface area contributed by atoms with Crippen LogP contribution in [0.3, 0.4) is 0 Å². The average Bonchev–Trinajstić information content (AvgIpc) is 3.10. The number of fused-ring (bicyclic) bond motifs is 1. The van der Waals surface area contributed by atoms with Gasteiger partial charge in [0.25, 0.3) is 5.91 Å². The van der Waals surface area contributed by atoms with Crippen LogP contribution in [0.25, 0.3) is 16.3 Å². The van der Waals surface area contributed by atoms with Crippen molar-refractivity contribution in [2.45, 2.75) is 45.1 Å². The summed E-state index contributed by atoms with van der Waals surface area (Å²) in [7, 11) is 0. The number of carbonyl (C=O) groups is 2. The number of allylic oxidation sites excluding steroid dienone is 1. The van der Waals surface area contributed by atoms with Gasteiger partial charge in [0, 0.05) is 12.6 Å². The van der Waals surface area contributed by atoms with Crippen LogP contribution < -0.4 is 5.32 Å². The number of rotatable bonds is 7. The van der Waals surface area contributed by atoms with Gasteiger partial charge in [-0.3, -0.25) is 4.79 Å². The van der Waals surface area contributed by atoms with Gasteiger partial charge < -0.3 is 10.1 Å². The number of ether oxygens (including phenoxy) is 1. The van der Waals surface area contributed by atoms with Crippen molar-refractivity contribution in [2.75, 3.05) is 6.54 Å². The van der Waals surface area contributed by atoms with Gasteiger partial charge in [0.1, 0.15) is 5.01 Å². The normalized spacial score (nSPS) is 15.5. The summed E-state index contributed by atoms with van der Waals surface area (Å²) in [6.07, 6.45) is 9.99. The molecule has 0 spiro atoms. The Balaban J connectivity index is 1.43. The number of amides is 1. The van der Waals surface area contributed by atoms with Gasteiger partial charge in [-0.2, -0.15) is 0 Å². The summed E-state index contributed by atoms with van der Waals surface area (Å²) in [6, 6.07) is 7.79. The van der Waals surface area contributed by atoms with E-state index in [0.717, 1.165) is 34.5 Å². The Morgan fingerprint density at radius 2 is 2.19 bits per heavy atom. The Bertz CT molecular complexity index is 836. The molecule has 1 atom stereocenters. The molecule has 1 heterocycles. The Kier molecular flexibility index (Phi) is 6.76. The first kappa shape index (κ1) is 19.3. The van der Waals surface area contributed by atoms with Crippen molar-refractivity contribution in [3.8, 4) is 0 Å². The third-order valence-electron chi connectivity index (χ3n) is 4.46. The molecule has 1 aromatic heterocycles. The van der Waals surface area contributed by atoms with Gasteiger partial charge in [-0.25, -0.2) is 9.78 Å². The van der Waals surface area contributed by atoms with Crippen LogP contribution in [0.2, 0.25) is 0 Å². The van der Waals surface area contributed by atoms with Crippen LogP contribution in [0, 0.1) is 0 Å². The van der Waals surface area contributed by atoms with Crippen LogP contribution in [0.5, 0.6) is 0 Å². The lowest BCUT2D eigenvalue weighted by molar-refractivity contribution is -0.150. The molecule has 0 fully saturated rings. The first-order valence-corrected chi connectivity index (χ1v) is 10.1. The third kappa shape index (κ3) is 5.76. The fourth-order valence-corrected chi connectivity index (χ4v) is 3.86. The Hall–Kier alpha value is -2.47. The molecule has 1 aliphatic carbocycles. The number of esters is 1. The van der Waals surface area contributed by atoms with E-state index in [0.29, 0.717) is 6.54 Å². The number of thiazole rings is 1. The molecule has 0 saturated heterocycles. The second-order valence-electron chi connectivity index (χ2n) is 6.58. The lowest BCUT2D eigenvalue weighted by Gasteiger charge is -2.15. The summed E-state index contributed by atoms with van der Waals surface area (Å²) in [5.41, 5.74) is 2.31. The van der Waals surface area contributed by atoms with Gasteiger partial charge in [-0.15, -0.1) is 11.3 Å². The maximum absolute atomic E-state index is 12.1. The summed E-state index contributed by atoms with van der Waals surface area (Å²) in [5, 5.41) is 3.56. The van der Waals surface area contributed by atoms with Crippen LogP contribution in [-0.2, 0) is 14.3 Å². The van der Waals surface area contributed by atoms with Crippen LogP contribution in [-0.4, -0.2) is 29.5 Å². The number of hydrogen-bond donors (Lipinski definition) is 1. The molecular weight excluding hydrogens is 360 g/mol. The van der Waals surface area contributed by atoms with Crippen molar-refractivity contribution < 1.29 is 14.3 Å². The molecule has 0 bridgehead atoms. The van der Waals surface area contributed by atoms with Gasteiger partial charge in [0.05, 0.1) is 10.2 Å². The quantitative estimate of drug-likeness (QED) is 0.440. The lowest BCUT2D eigenvalue weighted by Crippen LogP contribution is -2.36. The molecule has 5 nitrogen and oxygen atoms in total. The van der Waals surface area contributed by atoms with E-state index < -0.39 is 12.1 Å². The van der Waals surface area contributed by atoms with Crippen molar-refractivity contribution >= 4 is 39.5 Å². The number of para-hydroxylation sites is 1. The third-order valence-corrected chi connectivity index (χ3v) is 5.47. The van der Waals surface area contributed by atoms with Gasteiger partial charge in [0.2, 0.25) is 0 Å². The number of benzene rings is 1. The van der Waals surface area contributed by atoms with Crippen LogP contribution in [0.15, 0.2) is 42.0 Å². The first-order valence-electron chi connectivity index (χ1n) is 9.32. The van der Waals surface area contributed by atoms with E-state index in [2.05, 4.69) is 16.4 Å². The largest absolute Gasteiger partial charge is 0.449 e. The van der Waals surface area contributed by atoms with E-state index in [1.54, 1.807) is 13.0 Å². The maximum atomic E-state index is 12.1. The highest BCUT2D eigenvalue weighted by Crippen LogP contribution is 2.22. The fraction of sp³-hybridized carbons (Fsp3) is 0.381. The number of nitrogens with one attached hydrogen (secondary N) is 1. The van der Waals surface area contributed by atoms with E-state index in [4.69, 9.17) is 4.74 Å². The predicted octanol–water partition coefficient (Wildman–Crippen LogP) is 4.25. The molecule has 6 heteroatoms. The monoisotopic (exact) mass is 384 g/mol. The van der Waals surface area contributed by atoms with Crippen LogP contribution in [0.1, 0.15) is 44.0 Å². The van der Waals surface area contributed by atoms with Crippen molar-refractivity contribution in [1.82, 2.24) is 10.3 Å². The summed E-state index contributed by atoms with van der Waals surface area (Å²) >= 11 is 1.50. The van der Waals surface area contributed by atoms with Crippen molar-refractivity contribution in [3.63, 3.8) is 0 Å². The minimum absolute atomic E-state index is 0.270. The Morgan fingerprint density at radius 3 is 2.96 bits per heavy atom. The Labute approximate surface area is 163 Å². The summed E-state index contributed by atoms with van der Waals surface area (Å²) in [6.45, 7) is 2.16. The molecule has 1 amide bonds.